The van der Waals surface area contributed by atoms with Crippen molar-refractivity contribution in [3.05, 3.63) is 23.8 Å². The lowest BCUT2D eigenvalue weighted by molar-refractivity contribution is -0.152. The van der Waals surface area contributed by atoms with Crippen LogP contribution in [0.5, 0.6) is 5.75 Å². The SMILES string of the molecule is CCOC(=O)C(=O)Nc1ccc(C#N)cc1OC. The number of esters is 1. The van der Waals surface area contributed by atoms with Gasteiger partial charge >= 0.3 is 11.9 Å². The lowest BCUT2D eigenvalue weighted by atomic mass is 10.2. The van der Waals surface area contributed by atoms with Gasteiger partial charge < -0.3 is 14.8 Å². The molecule has 6 heteroatoms. The van der Waals surface area contributed by atoms with Crippen LogP contribution in [-0.2, 0) is 14.3 Å². The van der Waals surface area contributed by atoms with Crippen LogP contribution in [0.15, 0.2) is 18.2 Å². The standard InChI is InChI=1S/C12H12N2O4/c1-3-18-12(16)11(15)14-9-5-4-8(7-13)6-10(9)17-2/h4-6H,3H2,1-2H3,(H,14,15). The number of nitrogens with zero attached hydrogens (tertiary/aromatic N) is 1. The van der Waals surface area contributed by atoms with Crippen molar-refractivity contribution in [2.45, 2.75) is 6.92 Å². The third-order valence-corrected chi connectivity index (χ3v) is 2.04. The molecule has 1 N–H and O–H groups in total. The summed E-state index contributed by atoms with van der Waals surface area (Å²) in [5.74, 6) is -1.56. The zero-order valence-electron chi connectivity index (χ0n) is 10.0. The van der Waals surface area contributed by atoms with Crippen molar-refractivity contribution in [3.8, 4) is 11.8 Å². The van der Waals surface area contributed by atoms with E-state index in [1.807, 2.05) is 6.07 Å². The topological polar surface area (TPSA) is 88.4 Å². The van der Waals surface area contributed by atoms with Gasteiger partial charge in [0.1, 0.15) is 5.75 Å². The monoisotopic (exact) mass is 248 g/mol. The van der Waals surface area contributed by atoms with Gasteiger partial charge in [0.25, 0.3) is 0 Å². The van der Waals surface area contributed by atoms with Crippen LogP contribution >= 0.6 is 0 Å². The van der Waals surface area contributed by atoms with E-state index >= 15 is 0 Å². The van der Waals surface area contributed by atoms with Crippen LogP contribution in [0.3, 0.4) is 0 Å². The van der Waals surface area contributed by atoms with Crippen LogP contribution in [0, 0.1) is 11.3 Å². The van der Waals surface area contributed by atoms with Gasteiger partial charge in [-0.15, -0.1) is 0 Å². The second kappa shape index (κ2) is 6.25. The van der Waals surface area contributed by atoms with Crippen LogP contribution in [0.1, 0.15) is 12.5 Å². The average Bonchev–Trinajstić information content (AvgIpc) is 2.39. The maximum absolute atomic E-state index is 11.4. The van der Waals surface area contributed by atoms with E-state index in [2.05, 4.69) is 10.1 Å². The molecule has 0 unspecified atom stereocenters. The number of carbonyl (C=O) groups excluding carboxylic acids is 2. The van der Waals surface area contributed by atoms with Crippen molar-refractivity contribution >= 4 is 17.6 Å². The largest absolute Gasteiger partial charge is 0.495 e. The van der Waals surface area contributed by atoms with Gasteiger partial charge in [0, 0.05) is 6.07 Å². The van der Waals surface area contributed by atoms with Gasteiger partial charge in [-0.1, -0.05) is 0 Å². The Hall–Kier alpha value is -2.55. The number of nitrogens with one attached hydrogen (secondary N) is 1. The Labute approximate surface area is 104 Å². The molecule has 0 saturated carbocycles. The number of hydrogen-bond acceptors (Lipinski definition) is 5. The summed E-state index contributed by atoms with van der Waals surface area (Å²) < 4.78 is 9.56. The molecule has 1 amide bonds. The van der Waals surface area contributed by atoms with E-state index in [0.717, 1.165) is 0 Å². The van der Waals surface area contributed by atoms with E-state index in [-0.39, 0.29) is 6.61 Å². The van der Waals surface area contributed by atoms with E-state index in [1.165, 1.54) is 25.3 Å². The average molecular weight is 248 g/mol. The lowest BCUT2D eigenvalue weighted by Crippen LogP contribution is -2.25. The molecule has 6 nitrogen and oxygen atoms in total. The summed E-state index contributed by atoms with van der Waals surface area (Å²) in [6.45, 7) is 1.73. The molecule has 1 aromatic rings. The Morgan fingerprint density at radius 3 is 2.72 bits per heavy atom. The highest BCUT2D eigenvalue weighted by Crippen LogP contribution is 2.25. The highest BCUT2D eigenvalue weighted by Gasteiger charge is 2.16. The molecule has 18 heavy (non-hydrogen) atoms. The predicted octanol–water partition coefficient (Wildman–Crippen LogP) is 1.07. The van der Waals surface area contributed by atoms with Crippen molar-refractivity contribution in [2.24, 2.45) is 0 Å². The minimum absolute atomic E-state index is 0.122. The highest BCUT2D eigenvalue weighted by molar-refractivity contribution is 6.37. The Balaban J connectivity index is 2.88. The summed E-state index contributed by atoms with van der Waals surface area (Å²) in [6.07, 6.45) is 0. The summed E-state index contributed by atoms with van der Waals surface area (Å²) in [7, 11) is 1.40. The predicted molar refractivity (Wildman–Crippen MR) is 63.0 cm³/mol. The second-order valence-corrected chi connectivity index (χ2v) is 3.20. The number of nitriles is 1. The van der Waals surface area contributed by atoms with Crippen LogP contribution < -0.4 is 10.1 Å². The van der Waals surface area contributed by atoms with Gasteiger partial charge in [0.05, 0.1) is 31.0 Å². The minimum Gasteiger partial charge on any atom is -0.495 e. The van der Waals surface area contributed by atoms with Crippen LogP contribution in [0.4, 0.5) is 5.69 Å². The second-order valence-electron chi connectivity index (χ2n) is 3.20. The maximum atomic E-state index is 11.4. The van der Waals surface area contributed by atoms with E-state index in [9.17, 15) is 9.59 Å². The molecule has 94 valence electrons. The smallest absolute Gasteiger partial charge is 0.397 e. The molecule has 0 aliphatic heterocycles. The molecule has 0 heterocycles. The number of benzene rings is 1. The number of carbonyl (C=O) groups is 2. The minimum atomic E-state index is -0.969. The first-order chi connectivity index (χ1) is 8.62. The summed E-state index contributed by atoms with van der Waals surface area (Å²) in [5.41, 5.74) is 0.690. The van der Waals surface area contributed by atoms with E-state index in [4.69, 9.17) is 10.00 Å². The fraction of sp³-hybridized carbons (Fsp3) is 0.250. The first kappa shape index (κ1) is 13.5. The number of hydrogen-bond donors (Lipinski definition) is 1. The van der Waals surface area contributed by atoms with Gasteiger partial charge in [-0.3, -0.25) is 4.79 Å². The molecule has 0 fully saturated rings. The van der Waals surface area contributed by atoms with Gasteiger partial charge in [-0.25, -0.2) is 4.79 Å². The summed E-state index contributed by atoms with van der Waals surface area (Å²) in [5, 5.41) is 11.1. The van der Waals surface area contributed by atoms with Gasteiger partial charge in [-0.05, 0) is 19.1 Å². The number of anilines is 1. The molecule has 0 radical (unpaired) electrons. The molecule has 0 atom stereocenters. The van der Waals surface area contributed by atoms with Crippen molar-refractivity contribution in [3.63, 3.8) is 0 Å². The van der Waals surface area contributed by atoms with Crippen molar-refractivity contribution in [2.75, 3.05) is 19.0 Å². The summed E-state index contributed by atoms with van der Waals surface area (Å²) in [4.78, 5) is 22.6. The highest BCUT2D eigenvalue weighted by atomic mass is 16.5. The number of rotatable bonds is 3. The molecule has 0 saturated heterocycles. The molecular weight excluding hydrogens is 236 g/mol. The fourth-order valence-corrected chi connectivity index (χ4v) is 1.23. The van der Waals surface area contributed by atoms with Crippen molar-refractivity contribution < 1.29 is 19.1 Å². The molecule has 0 aliphatic rings. The Morgan fingerprint density at radius 2 is 2.17 bits per heavy atom. The summed E-state index contributed by atoms with van der Waals surface area (Å²) >= 11 is 0. The first-order valence-corrected chi connectivity index (χ1v) is 5.18. The fourth-order valence-electron chi connectivity index (χ4n) is 1.23. The Bertz CT molecular complexity index is 505. The zero-order chi connectivity index (χ0) is 13.5. The molecular formula is C12H12N2O4. The quantitative estimate of drug-likeness (QED) is 0.638. The zero-order valence-corrected chi connectivity index (χ0v) is 10.0. The number of methoxy groups -OCH3 is 1. The summed E-state index contributed by atoms with van der Waals surface area (Å²) in [6, 6.07) is 6.38. The van der Waals surface area contributed by atoms with Crippen molar-refractivity contribution in [1.82, 2.24) is 0 Å². The number of ether oxygens (including phenoxy) is 2. The number of amides is 1. The maximum Gasteiger partial charge on any atom is 0.397 e. The molecule has 1 rings (SSSR count). The van der Waals surface area contributed by atoms with E-state index < -0.39 is 11.9 Å². The molecule has 0 aromatic heterocycles. The third kappa shape index (κ3) is 3.22. The molecule has 1 aromatic carbocycles. The van der Waals surface area contributed by atoms with E-state index in [0.29, 0.717) is 17.0 Å². The van der Waals surface area contributed by atoms with Crippen LogP contribution in [0.2, 0.25) is 0 Å². The van der Waals surface area contributed by atoms with Gasteiger partial charge in [0.15, 0.2) is 0 Å². The van der Waals surface area contributed by atoms with Gasteiger partial charge in [0.2, 0.25) is 0 Å². The Kier molecular flexibility index (Phi) is 4.69. The normalized spacial score (nSPS) is 9.17. The lowest BCUT2D eigenvalue weighted by Gasteiger charge is -2.09. The van der Waals surface area contributed by atoms with Crippen LogP contribution in [0.25, 0.3) is 0 Å². The van der Waals surface area contributed by atoms with Gasteiger partial charge in [-0.2, -0.15) is 5.26 Å². The molecule has 0 aliphatic carbocycles. The van der Waals surface area contributed by atoms with Crippen molar-refractivity contribution in [1.29, 1.82) is 5.26 Å². The first-order valence-electron chi connectivity index (χ1n) is 5.18. The molecule has 0 spiro atoms. The van der Waals surface area contributed by atoms with E-state index in [1.54, 1.807) is 6.92 Å². The molecule has 0 bridgehead atoms. The third-order valence-electron chi connectivity index (χ3n) is 2.04. The van der Waals surface area contributed by atoms with Crippen LogP contribution in [-0.4, -0.2) is 25.6 Å². The Morgan fingerprint density at radius 1 is 1.44 bits per heavy atom.